The standard InChI is InChI=1S/4C9H14N2.3C8H13N3.C4H9.C3H7.16C2H6.9CH4.V/c1-9(2,3)11-8-4-6-10-7-5-8;2*1-9(2,3)11-8-5-4-6-10-7-8;1-9(2,3)11-8-6-4-5-7-10-8;1-8(2,3)11-7-4-9-6-10-5-7;1-8(2,3)11-7-6-9-4-5-10-7;1-8(2,3)11-7-4-5-9-6-10-7;1-4(2)3;1-3-2;16*1-2;;;;;;;;;;/h4-7H,1-3H3,(H,10,11);2*4-7,11H,1-3H3;4-7H,1-3H3,(H,10,11);4-6,11H,1-3H3;4-6H,1-3H3,(H,10,11);4-6H,1-3H3,(H,9,10,11);1-3H3;1,3H2,2H3;16*1-2H3;9*1H4;/q;;;;;;;2*-1;;;;;;;;;;;;;;;;;;;;;;;;;;+2. The van der Waals surface area contributed by atoms with Gasteiger partial charge in [-0.25, -0.2) is 29.9 Å². The Balaban J connectivity index is -0.0000000316. The van der Waals surface area contributed by atoms with Gasteiger partial charge in [-0.15, -0.1) is 0 Å². The fourth-order valence-corrected chi connectivity index (χ4v) is 5.72. The largest absolute Gasteiger partial charge is 2.00 e. The summed E-state index contributed by atoms with van der Waals surface area (Å²) >= 11 is 0. The number of rotatable bonds is 7. The zero-order chi connectivity index (χ0) is 96.5. The van der Waals surface area contributed by atoms with E-state index >= 15 is 0 Å². The van der Waals surface area contributed by atoms with E-state index in [2.05, 4.69) is 260 Å². The normalized spacial score (nSPS) is 8.02. The minimum atomic E-state index is 0. The van der Waals surface area contributed by atoms with Crippen LogP contribution in [0.25, 0.3) is 0 Å². The summed E-state index contributed by atoms with van der Waals surface area (Å²) in [4.78, 5) is 39.8. The van der Waals surface area contributed by atoms with Crippen LogP contribution in [0.15, 0.2) is 154 Å². The van der Waals surface area contributed by atoms with Crippen LogP contribution in [0.1, 0.15) is 468 Å². The van der Waals surface area contributed by atoms with Gasteiger partial charge in [-0.3, -0.25) is 19.9 Å². The number of nitrogens with zero attached hydrogens (tertiary/aromatic N) is 10. The van der Waals surface area contributed by atoms with Crippen LogP contribution in [0.2, 0.25) is 0 Å². The van der Waals surface area contributed by atoms with Crippen LogP contribution in [0.3, 0.4) is 0 Å². The van der Waals surface area contributed by atoms with E-state index in [4.69, 9.17) is 0 Å². The summed E-state index contributed by atoms with van der Waals surface area (Å²) in [5.41, 5.74) is 4.85. The molecule has 17 nitrogen and oxygen atoms in total. The molecule has 0 atom stereocenters. The number of hydrogen-bond donors (Lipinski definition) is 7. The number of aromatic nitrogens is 10. The Hall–Kier alpha value is -6.98. The predicted molar refractivity (Wildman–Crippen MR) is 605 cm³/mol. The molecule has 0 aliphatic carbocycles. The molecule has 0 aromatic carbocycles. The summed E-state index contributed by atoms with van der Waals surface area (Å²) < 4.78 is 0. The Bertz CT molecular complexity index is 2080. The van der Waals surface area contributed by atoms with Gasteiger partial charge in [0.05, 0.1) is 35.7 Å². The Morgan fingerprint density at radius 2 is 0.468 bits per heavy atom. The fourth-order valence-electron chi connectivity index (χ4n) is 5.72. The number of nitrogens with one attached hydrogen (secondary N) is 7. The van der Waals surface area contributed by atoms with Crippen LogP contribution in [0.5, 0.6) is 0 Å². The second-order valence-corrected chi connectivity index (χ2v) is 26.9. The van der Waals surface area contributed by atoms with Crippen molar-refractivity contribution >= 4 is 40.2 Å². The quantitative estimate of drug-likeness (QED) is 0.0739. The molecule has 7 N–H and O–H groups in total. The third kappa shape index (κ3) is 223. The van der Waals surface area contributed by atoms with Crippen molar-refractivity contribution in [2.24, 2.45) is 0 Å². The van der Waals surface area contributed by atoms with Crippen molar-refractivity contribution in [2.45, 2.75) is 507 Å². The molecule has 7 heterocycles. The fraction of sp³-hybridized carbons (Fsp3) is 0.685. The SMILES string of the molecule is C.C.C.C.C.C.C.C.C.CC.CC.CC.CC.CC.CC.CC.CC.CC.CC.CC.CC.CC.CC.CC.CC.CC(C)(C)Nc1ccccn1.CC(C)(C)Nc1cccnc1.CC(C)(C)Nc1cccnc1.CC(C)(C)Nc1ccncc1.CC(C)(C)Nc1ccncn1.CC(C)(C)Nc1cnccn1.CC(C)(C)Nc1cncnc1.C[C-](C)C.[CH2-]CC.[V+2]. The summed E-state index contributed by atoms with van der Waals surface area (Å²) in [6, 6.07) is 19.5. The van der Waals surface area contributed by atoms with Gasteiger partial charge in [0.25, 0.3) is 0 Å². The number of pyridine rings is 4. The first-order chi connectivity index (χ1) is 54.7. The molecule has 7 aromatic heterocycles. The predicted octanol–water partition coefficient (Wildman–Crippen LogP) is 39.2. The van der Waals surface area contributed by atoms with Crippen molar-refractivity contribution in [2.75, 3.05) is 37.2 Å². The van der Waals surface area contributed by atoms with E-state index < -0.39 is 0 Å². The molecular weight excluding hydrogens is 1590 g/mol. The summed E-state index contributed by atoms with van der Waals surface area (Å²) in [6.45, 7) is 120. The molecule has 18 heteroatoms. The maximum atomic E-state index is 4.15. The van der Waals surface area contributed by atoms with Crippen molar-refractivity contribution in [1.82, 2.24) is 49.8 Å². The van der Waals surface area contributed by atoms with E-state index in [9.17, 15) is 0 Å². The summed E-state index contributed by atoms with van der Waals surface area (Å²) in [7, 11) is 0. The first-order valence-corrected chi connectivity index (χ1v) is 44.6. The van der Waals surface area contributed by atoms with Crippen LogP contribution in [-0.4, -0.2) is 88.6 Å². The summed E-state index contributed by atoms with van der Waals surface area (Å²) in [6.07, 6.45) is 26.9. The van der Waals surface area contributed by atoms with Crippen LogP contribution in [0.4, 0.5) is 40.2 Å². The molecule has 0 saturated carbocycles. The van der Waals surface area contributed by atoms with E-state index in [-0.39, 0.29) is 124 Å². The van der Waals surface area contributed by atoms with Crippen molar-refractivity contribution < 1.29 is 18.6 Å². The molecule has 0 aliphatic heterocycles. The zero-order valence-electron chi connectivity index (χ0n) is 88.8. The Morgan fingerprint density at radius 1 is 0.230 bits per heavy atom. The zero-order valence-corrected chi connectivity index (χ0v) is 90.2. The second-order valence-electron chi connectivity index (χ2n) is 26.9. The molecule has 0 saturated heterocycles. The maximum absolute atomic E-state index is 4.15. The van der Waals surface area contributed by atoms with Gasteiger partial charge in [-0.05, 0) is 200 Å². The molecule has 126 heavy (non-hydrogen) atoms. The van der Waals surface area contributed by atoms with Crippen molar-refractivity contribution in [3.8, 4) is 0 Å². The van der Waals surface area contributed by atoms with Crippen LogP contribution in [0, 0.1) is 12.8 Å². The molecule has 0 bridgehead atoms. The number of hydrogen-bond acceptors (Lipinski definition) is 17. The molecule has 0 amide bonds. The van der Waals surface area contributed by atoms with Gasteiger partial charge >= 0.3 is 18.6 Å². The van der Waals surface area contributed by atoms with Crippen LogP contribution >= 0.6 is 0 Å². The van der Waals surface area contributed by atoms with Crippen molar-refractivity contribution in [3.63, 3.8) is 0 Å². The molecular formula is C108H243N17V. The summed E-state index contributed by atoms with van der Waals surface area (Å²) in [5, 5.41) is 22.9. The average Bonchev–Trinajstić information content (AvgIpc) is 0.964. The van der Waals surface area contributed by atoms with E-state index in [1.54, 1.807) is 68.2 Å². The molecule has 0 aliphatic rings. The third-order valence-electron chi connectivity index (χ3n) is 7.96. The van der Waals surface area contributed by atoms with E-state index in [1.165, 1.54) is 18.6 Å². The first kappa shape index (κ1) is 200. The molecule has 7 aromatic rings. The van der Waals surface area contributed by atoms with Crippen LogP contribution in [-0.2, 0) is 18.6 Å². The first-order valence-electron chi connectivity index (χ1n) is 44.6. The Labute approximate surface area is 814 Å². The topological polar surface area (TPSA) is 213 Å². The molecule has 0 fully saturated rings. The monoisotopic (exact) mass is 1830 g/mol. The average molecular weight is 1830 g/mol. The Kier molecular flexibility index (Phi) is 247. The number of anilines is 7. The van der Waals surface area contributed by atoms with Gasteiger partial charge in [-0.2, -0.15) is 27.2 Å². The molecule has 0 unspecified atom stereocenters. The van der Waals surface area contributed by atoms with Gasteiger partial charge < -0.3 is 50.1 Å². The van der Waals surface area contributed by atoms with Gasteiger partial charge in [0.1, 0.15) is 30.1 Å². The van der Waals surface area contributed by atoms with E-state index in [0.29, 0.717) is 0 Å². The molecule has 1 radical (unpaired) electrons. The maximum Gasteiger partial charge on any atom is 2.00 e. The molecule has 0 spiro atoms. The van der Waals surface area contributed by atoms with E-state index in [1.807, 2.05) is 302 Å². The van der Waals surface area contributed by atoms with Gasteiger partial charge in [0, 0.05) is 106 Å². The minimum Gasteiger partial charge on any atom is -0.380 e. The molecule has 765 valence electrons. The van der Waals surface area contributed by atoms with Crippen molar-refractivity contribution in [3.05, 3.63) is 167 Å². The van der Waals surface area contributed by atoms with Crippen molar-refractivity contribution in [1.29, 1.82) is 0 Å². The van der Waals surface area contributed by atoms with E-state index in [0.717, 1.165) is 46.6 Å². The second kappa shape index (κ2) is 155. The van der Waals surface area contributed by atoms with Gasteiger partial charge in [0.2, 0.25) is 0 Å². The van der Waals surface area contributed by atoms with Crippen LogP contribution < -0.4 is 37.2 Å². The molecule has 7 rings (SSSR count). The smallest absolute Gasteiger partial charge is 0.380 e. The third-order valence-corrected chi connectivity index (χ3v) is 7.96. The summed E-state index contributed by atoms with van der Waals surface area (Å²) in [5.74, 6) is 4.03. The minimum absolute atomic E-state index is 0. The Morgan fingerprint density at radius 3 is 0.698 bits per heavy atom. The van der Waals surface area contributed by atoms with Gasteiger partial charge in [0.15, 0.2) is 0 Å². The van der Waals surface area contributed by atoms with Gasteiger partial charge in [-0.1, -0.05) is 301 Å².